The number of anilines is 1. The molecule has 5 aliphatic heterocycles. The summed E-state index contributed by atoms with van der Waals surface area (Å²) in [5, 5.41) is 5.49. The molecule has 4 saturated heterocycles. The van der Waals surface area contributed by atoms with Gasteiger partial charge in [-0.25, -0.2) is 4.79 Å². The number of amides is 5. The Kier molecular flexibility index (Phi) is 4.83. The number of fused-ring (bicyclic) bond motifs is 2. The Hall–Kier alpha value is -3.47. The number of hydrogen-bond acceptors (Lipinski definition) is 8. The van der Waals surface area contributed by atoms with Crippen molar-refractivity contribution in [2.24, 2.45) is 0 Å². The average molecular weight is 467 g/mol. The van der Waals surface area contributed by atoms with Crippen LogP contribution >= 0.6 is 0 Å². The summed E-state index contributed by atoms with van der Waals surface area (Å²) in [4.78, 5) is 67.1. The number of nitrogens with zero attached hydrogens (tertiary/aromatic N) is 3. The third kappa shape index (κ3) is 3.17. The van der Waals surface area contributed by atoms with Crippen molar-refractivity contribution in [3.8, 4) is 0 Å². The first-order valence-corrected chi connectivity index (χ1v) is 11.7. The summed E-state index contributed by atoms with van der Waals surface area (Å²) in [6, 6.07) is 4.39. The molecular formula is C23H25N5O6. The minimum absolute atomic E-state index is 0.0712. The van der Waals surface area contributed by atoms with E-state index in [4.69, 9.17) is 4.74 Å². The summed E-state index contributed by atoms with van der Waals surface area (Å²) in [7, 11) is 0. The van der Waals surface area contributed by atoms with Crippen molar-refractivity contribution in [3.05, 3.63) is 29.3 Å². The molecule has 178 valence electrons. The van der Waals surface area contributed by atoms with Gasteiger partial charge in [0.2, 0.25) is 11.8 Å². The van der Waals surface area contributed by atoms with E-state index >= 15 is 0 Å². The van der Waals surface area contributed by atoms with Crippen LogP contribution in [0.4, 0.5) is 10.5 Å². The molecule has 0 radical (unpaired) electrons. The van der Waals surface area contributed by atoms with E-state index in [1.807, 2.05) is 11.0 Å². The smallest absolute Gasteiger partial charge is 0.410 e. The zero-order valence-electron chi connectivity index (χ0n) is 18.5. The molecule has 0 bridgehead atoms. The Bertz CT molecular complexity index is 1110. The molecule has 5 amide bonds. The van der Waals surface area contributed by atoms with Crippen molar-refractivity contribution in [1.82, 2.24) is 20.4 Å². The third-order valence-electron chi connectivity index (χ3n) is 7.59. The number of imide groups is 2. The van der Waals surface area contributed by atoms with Gasteiger partial charge in [0, 0.05) is 44.3 Å². The molecule has 3 atom stereocenters. The molecule has 5 aliphatic rings. The lowest BCUT2D eigenvalue weighted by Gasteiger charge is -2.38. The first-order valence-electron chi connectivity index (χ1n) is 11.7. The molecule has 0 aliphatic carbocycles. The summed E-state index contributed by atoms with van der Waals surface area (Å²) in [6.07, 6.45) is 1.48. The first kappa shape index (κ1) is 21.1. The number of carbonyl (C=O) groups is 5. The normalized spacial score (nSPS) is 29.5. The number of carbonyl (C=O) groups excluding carboxylic acids is 5. The predicted octanol–water partition coefficient (Wildman–Crippen LogP) is -0.151. The summed E-state index contributed by atoms with van der Waals surface area (Å²) < 4.78 is 5.50. The molecule has 1 aromatic rings. The molecule has 11 nitrogen and oxygen atoms in total. The number of hydrogen-bond donors (Lipinski definition) is 2. The lowest BCUT2D eigenvalue weighted by molar-refractivity contribution is -0.136. The molecule has 6 rings (SSSR count). The molecule has 1 aromatic carbocycles. The molecule has 11 heteroatoms. The van der Waals surface area contributed by atoms with Gasteiger partial charge >= 0.3 is 6.09 Å². The van der Waals surface area contributed by atoms with Gasteiger partial charge in [0.1, 0.15) is 12.1 Å². The fourth-order valence-corrected chi connectivity index (χ4v) is 5.84. The Balaban J connectivity index is 1.16. The van der Waals surface area contributed by atoms with Crippen molar-refractivity contribution >= 4 is 35.4 Å². The van der Waals surface area contributed by atoms with Gasteiger partial charge in [-0.1, -0.05) is 0 Å². The van der Waals surface area contributed by atoms with E-state index < -0.39 is 29.7 Å². The Labute approximate surface area is 195 Å². The molecule has 0 aromatic heterocycles. The van der Waals surface area contributed by atoms with E-state index in [1.165, 1.54) is 0 Å². The van der Waals surface area contributed by atoms with Gasteiger partial charge in [0.15, 0.2) is 0 Å². The minimum atomic E-state index is -0.974. The molecule has 0 saturated carbocycles. The second-order valence-corrected chi connectivity index (χ2v) is 9.45. The van der Waals surface area contributed by atoms with Crippen LogP contribution in [0.5, 0.6) is 0 Å². The largest absolute Gasteiger partial charge is 0.442 e. The lowest BCUT2D eigenvalue weighted by Crippen LogP contribution is -2.54. The SMILES string of the molecule is O=C1CCC(N2C(=O)c3ccc(N4CCC(N5C(=O)O[C@@H]6CNC[C@@H]65)CC4)cc3C2=O)C(=O)N1. The van der Waals surface area contributed by atoms with Gasteiger partial charge in [-0.05, 0) is 37.5 Å². The first-order chi connectivity index (χ1) is 16.4. The highest BCUT2D eigenvalue weighted by molar-refractivity contribution is 6.23. The average Bonchev–Trinajstić information content (AvgIpc) is 3.46. The van der Waals surface area contributed by atoms with Gasteiger partial charge in [-0.2, -0.15) is 0 Å². The second kappa shape index (κ2) is 7.79. The van der Waals surface area contributed by atoms with Crippen LogP contribution in [0, 0.1) is 0 Å². The van der Waals surface area contributed by atoms with Crippen molar-refractivity contribution in [1.29, 1.82) is 0 Å². The minimum Gasteiger partial charge on any atom is -0.442 e. The summed E-state index contributed by atoms with van der Waals surface area (Å²) in [6.45, 7) is 2.86. The highest BCUT2D eigenvalue weighted by atomic mass is 16.6. The van der Waals surface area contributed by atoms with Crippen molar-refractivity contribution in [2.75, 3.05) is 31.1 Å². The topological polar surface area (TPSA) is 128 Å². The standard InChI is InChI=1S/C23H25N5O6/c29-19-4-3-16(20(30)25-19)28-21(31)14-2-1-13(9-15(14)22(28)32)26-7-5-12(6-8-26)27-17-10-24-11-18(17)34-23(27)33/h1-2,9,12,16-18,24H,3-8,10-11H2,(H,25,29,30)/t16?,17-,18+/m0/s1. The Morgan fingerprint density at radius 1 is 0.912 bits per heavy atom. The quantitative estimate of drug-likeness (QED) is 0.588. The van der Waals surface area contributed by atoms with Crippen LogP contribution in [0.2, 0.25) is 0 Å². The van der Waals surface area contributed by atoms with Gasteiger partial charge in [-0.15, -0.1) is 0 Å². The number of rotatable bonds is 3. The summed E-state index contributed by atoms with van der Waals surface area (Å²) in [5.41, 5.74) is 1.37. The van der Waals surface area contributed by atoms with Crippen LogP contribution in [0.25, 0.3) is 0 Å². The van der Waals surface area contributed by atoms with Crippen molar-refractivity contribution in [3.63, 3.8) is 0 Å². The molecule has 1 unspecified atom stereocenters. The maximum Gasteiger partial charge on any atom is 0.410 e. The Morgan fingerprint density at radius 3 is 2.44 bits per heavy atom. The Morgan fingerprint density at radius 2 is 1.68 bits per heavy atom. The van der Waals surface area contributed by atoms with Crippen molar-refractivity contribution in [2.45, 2.75) is 49.9 Å². The summed E-state index contributed by atoms with van der Waals surface area (Å²) >= 11 is 0. The zero-order valence-corrected chi connectivity index (χ0v) is 18.5. The van der Waals surface area contributed by atoms with Crippen LogP contribution in [-0.2, 0) is 14.3 Å². The predicted molar refractivity (Wildman–Crippen MR) is 117 cm³/mol. The van der Waals surface area contributed by atoms with Crippen LogP contribution in [-0.4, -0.2) is 89.9 Å². The number of nitrogens with one attached hydrogen (secondary N) is 2. The van der Waals surface area contributed by atoms with Gasteiger partial charge in [-0.3, -0.25) is 34.3 Å². The maximum absolute atomic E-state index is 13.1. The van der Waals surface area contributed by atoms with E-state index in [-0.39, 0.29) is 48.2 Å². The molecule has 4 fully saturated rings. The van der Waals surface area contributed by atoms with E-state index in [0.29, 0.717) is 19.6 Å². The molecule has 5 heterocycles. The number of piperidine rings is 2. The van der Waals surface area contributed by atoms with Crippen LogP contribution in [0.3, 0.4) is 0 Å². The molecular weight excluding hydrogens is 442 g/mol. The fraction of sp³-hybridized carbons (Fsp3) is 0.522. The molecule has 0 spiro atoms. The van der Waals surface area contributed by atoms with E-state index in [0.717, 1.165) is 30.0 Å². The maximum atomic E-state index is 13.1. The van der Waals surface area contributed by atoms with Gasteiger partial charge < -0.3 is 15.0 Å². The van der Waals surface area contributed by atoms with Crippen LogP contribution in [0.15, 0.2) is 18.2 Å². The van der Waals surface area contributed by atoms with Gasteiger partial charge in [0.25, 0.3) is 11.8 Å². The summed E-state index contributed by atoms with van der Waals surface area (Å²) in [5.74, 6) is -2.03. The highest BCUT2D eigenvalue weighted by Gasteiger charge is 2.48. The molecule has 2 N–H and O–H groups in total. The monoisotopic (exact) mass is 467 g/mol. The van der Waals surface area contributed by atoms with E-state index in [2.05, 4.69) is 15.5 Å². The van der Waals surface area contributed by atoms with Crippen molar-refractivity contribution < 1.29 is 28.7 Å². The van der Waals surface area contributed by atoms with Gasteiger partial charge in [0.05, 0.1) is 17.2 Å². The number of ether oxygens (including phenoxy) is 1. The third-order valence-corrected chi connectivity index (χ3v) is 7.59. The fourth-order valence-electron chi connectivity index (χ4n) is 5.84. The van der Waals surface area contributed by atoms with Crippen LogP contribution < -0.4 is 15.5 Å². The second-order valence-electron chi connectivity index (χ2n) is 9.45. The van der Waals surface area contributed by atoms with E-state index in [1.54, 1.807) is 12.1 Å². The van der Waals surface area contributed by atoms with E-state index in [9.17, 15) is 24.0 Å². The van der Waals surface area contributed by atoms with Crippen LogP contribution in [0.1, 0.15) is 46.4 Å². The lowest BCUT2D eigenvalue weighted by atomic mass is 10.00. The number of benzene rings is 1. The highest BCUT2D eigenvalue weighted by Crippen LogP contribution is 2.33. The molecule has 34 heavy (non-hydrogen) atoms. The zero-order chi connectivity index (χ0) is 23.6.